The number of halogens is 3. The maximum atomic E-state index is 12.5. The van der Waals surface area contributed by atoms with E-state index in [2.05, 4.69) is 4.98 Å². The fraction of sp³-hybridized carbons (Fsp3) is 0.625. The van der Waals surface area contributed by atoms with Crippen LogP contribution in [0, 0.1) is 6.92 Å². The lowest BCUT2D eigenvalue weighted by Gasteiger charge is -2.17. The van der Waals surface area contributed by atoms with Gasteiger partial charge in [-0.05, 0) is 19.9 Å². The lowest BCUT2D eigenvalue weighted by Crippen LogP contribution is -2.28. The van der Waals surface area contributed by atoms with E-state index in [-0.39, 0.29) is 13.0 Å². The Morgan fingerprint density at radius 2 is 2.27 bits per heavy atom. The smallest absolute Gasteiger partial charge is 0.330 e. The Morgan fingerprint density at radius 3 is 2.67 bits per heavy atom. The third-order valence-corrected chi connectivity index (χ3v) is 4.04. The predicted octanol–water partition coefficient (Wildman–Crippen LogP) is 2.82. The molecule has 0 aliphatic carbocycles. The fourth-order valence-corrected chi connectivity index (χ4v) is 3.01. The van der Waals surface area contributed by atoms with Gasteiger partial charge in [-0.2, -0.15) is 13.2 Å². The van der Waals surface area contributed by atoms with Gasteiger partial charge in [-0.15, -0.1) is 11.3 Å². The first kappa shape index (κ1) is 12.8. The van der Waals surface area contributed by atoms with E-state index in [1.807, 2.05) is 0 Å². The Labute approximate surface area is 94.1 Å². The van der Waals surface area contributed by atoms with Crippen LogP contribution < -0.4 is 5.73 Å². The number of thioether (sulfide) groups is 1. The van der Waals surface area contributed by atoms with E-state index in [9.17, 15) is 13.2 Å². The minimum Gasteiger partial charge on any atom is -0.330 e. The monoisotopic (exact) mass is 256 g/mol. The number of nitrogens with zero attached hydrogens (tertiary/aromatic N) is 1. The van der Waals surface area contributed by atoms with Crippen molar-refractivity contribution in [1.82, 2.24) is 4.98 Å². The maximum Gasteiger partial charge on any atom is 0.401 e. The van der Waals surface area contributed by atoms with Crippen LogP contribution in [0.4, 0.5) is 13.2 Å². The van der Waals surface area contributed by atoms with Gasteiger partial charge in [0.2, 0.25) is 0 Å². The van der Waals surface area contributed by atoms with Gasteiger partial charge in [0.05, 0.1) is 0 Å². The van der Waals surface area contributed by atoms with Crippen LogP contribution >= 0.6 is 23.1 Å². The van der Waals surface area contributed by atoms with Crippen molar-refractivity contribution in [2.24, 2.45) is 5.73 Å². The number of aryl methyl sites for hydroxylation is 1. The second-order valence-corrected chi connectivity index (χ2v) is 5.29. The molecule has 7 heteroatoms. The van der Waals surface area contributed by atoms with Gasteiger partial charge in [-0.1, -0.05) is 11.8 Å². The molecule has 0 saturated carbocycles. The Hall–Kier alpha value is -0.270. The van der Waals surface area contributed by atoms with Gasteiger partial charge in [0.25, 0.3) is 0 Å². The first-order chi connectivity index (χ1) is 6.93. The summed E-state index contributed by atoms with van der Waals surface area (Å²) in [6.45, 7) is 1.79. The highest BCUT2D eigenvalue weighted by Crippen LogP contribution is 2.37. The summed E-state index contributed by atoms with van der Waals surface area (Å²) in [4.78, 5) is 3.99. The molecule has 0 spiro atoms. The second kappa shape index (κ2) is 5.18. The summed E-state index contributed by atoms with van der Waals surface area (Å²) in [5.74, 6) is 0. The van der Waals surface area contributed by atoms with Crippen LogP contribution in [0.2, 0.25) is 0 Å². The molecule has 1 unspecified atom stereocenters. The molecular weight excluding hydrogens is 245 g/mol. The third kappa shape index (κ3) is 4.00. The summed E-state index contributed by atoms with van der Waals surface area (Å²) in [6, 6.07) is 0. The van der Waals surface area contributed by atoms with Crippen LogP contribution in [0.1, 0.15) is 12.1 Å². The van der Waals surface area contributed by atoms with E-state index >= 15 is 0 Å². The quantitative estimate of drug-likeness (QED) is 0.842. The molecule has 2 nitrogen and oxygen atoms in total. The fourth-order valence-electron chi connectivity index (χ4n) is 0.949. The molecule has 1 heterocycles. The lowest BCUT2D eigenvalue weighted by atomic mass is 10.3. The van der Waals surface area contributed by atoms with Gasteiger partial charge in [0.15, 0.2) is 4.34 Å². The molecule has 1 aromatic heterocycles. The van der Waals surface area contributed by atoms with Crippen molar-refractivity contribution >= 4 is 23.1 Å². The lowest BCUT2D eigenvalue weighted by molar-refractivity contribution is -0.129. The Balaban J connectivity index is 2.66. The van der Waals surface area contributed by atoms with Crippen molar-refractivity contribution < 1.29 is 13.2 Å². The minimum atomic E-state index is -4.22. The molecule has 2 N–H and O–H groups in total. The van der Waals surface area contributed by atoms with E-state index < -0.39 is 11.4 Å². The molecule has 86 valence electrons. The van der Waals surface area contributed by atoms with Gasteiger partial charge in [0.1, 0.15) is 5.25 Å². The largest absolute Gasteiger partial charge is 0.401 e. The van der Waals surface area contributed by atoms with Crippen molar-refractivity contribution in [3.63, 3.8) is 0 Å². The SMILES string of the molecule is Cc1csc(SC(CCN)C(F)(F)F)n1. The Kier molecular flexibility index (Phi) is 4.42. The zero-order valence-corrected chi connectivity index (χ0v) is 9.68. The zero-order valence-electron chi connectivity index (χ0n) is 8.04. The number of aromatic nitrogens is 1. The van der Waals surface area contributed by atoms with E-state index in [4.69, 9.17) is 5.73 Å². The number of hydrogen-bond acceptors (Lipinski definition) is 4. The topological polar surface area (TPSA) is 38.9 Å². The molecule has 1 aromatic rings. The van der Waals surface area contributed by atoms with E-state index in [1.165, 1.54) is 11.3 Å². The van der Waals surface area contributed by atoms with Crippen LogP contribution in [0.5, 0.6) is 0 Å². The molecule has 0 bridgehead atoms. The van der Waals surface area contributed by atoms with Crippen LogP contribution in [0.3, 0.4) is 0 Å². The Bertz CT molecular complexity index is 311. The van der Waals surface area contributed by atoms with Gasteiger partial charge in [0, 0.05) is 11.1 Å². The molecule has 15 heavy (non-hydrogen) atoms. The average molecular weight is 256 g/mol. The normalized spacial score (nSPS) is 14.2. The standard InChI is InChI=1S/C8H11F3N2S2/c1-5-4-14-7(13-5)15-6(2-3-12)8(9,10)11/h4,6H,2-3,12H2,1H3. The van der Waals surface area contributed by atoms with Gasteiger partial charge < -0.3 is 5.73 Å². The number of nitrogens with two attached hydrogens (primary N) is 1. The number of thiazole rings is 1. The van der Waals surface area contributed by atoms with Gasteiger partial charge in [-0.25, -0.2) is 4.98 Å². The summed E-state index contributed by atoms with van der Waals surface area (Å²) in [7, 11) is 0. The first-order valence-corrected chi connectivity index (χ1v) is 6.05. The van der Waals surface area contributed by atoms with Crippen LogP contribution in [-0.2, 0) is 0 Å². The average Bonchev–Trinajstić information content (AvgIpc) is 2.49. The molecule has 0 saturated heterocycles. The maximum absolute atomic E-state index is 12.5. The summed E-state index contributed by atoms with van der Waals surface area (Å²) in [5, 5.41) is 0.283. The van der Waals surface area contributed by atoms with Crippen molar-refractivity contribution in [3.05, 3.63) is 11.1 Å². The summed E-state index contributed by atoms with van der Waals surface area (Å²) in [6.07, 6.45) is -4.30. The first-order valence-electron chi connectivity index (χ1n) is 4.29. The van der Waals surface area contributed by atoms with Gasteiger partial charge >= 0.3 is 6.18 Å². The minimum absolute atomic E-state index is 0.0293. The van der Waals surface area contributed by atoms with Crippen LogP contribution in [0.25, 0.3) is 0 Å². The summed E-state index contributed by atoms with van der Waals surface area (Å²) < 4.78 is 37.9. The van der Waals surface area contributed by atoms with E-state index in [0.717, 1.165) is 17.5 Å². The molecule has 0 aliphatic rings. The van der Waals surface area contributed by atoms with Crippen molar-refractivity contribution in [2.75, 3.05) is 6.54 Å². The van der Waals surface area contributed by atoms with Crippen molar-refractivity contribution in [1.29, 1.82) is 0 Å². The highest BCUT2D eigenvalue weighted by Gasteiger charge is 2.40. The molecule has 1 rings (SSSR count). The number of rotatable bonds is 4. The van der Waals surface area contributed by atoms with Crippen LogP contribution in [-0.4, -0.2) is 23.0 Å². The molecule has 0 radical (unpaired) electrons. The third-order valence-electron chi connectivity index (χ3n) is 1.63. The molecule has 0 fully saturated rings. The van der Waals surface area contributed by atoms with Gasteiger partial charge in [-0.3, -0.25) is 0 Å². The highest BCUT2D eigenvalue weighted by atomic mass is 32.2. The zero-order chi connectivity index (χ0) is 11.5. The molecule has 1 atom stereocenters. The van der Waals surface area contributed by atoms with Crippen molar-refractivity contribution in [2.45, 2.75) is 29.1 Å². The highest BCUT2D eigenvalue weighted by molar-refractivity contribution is 8.01. The van der Waals surface area contributed by atoms with E-state index in [1.54, 1.807) is 12.3 Å². The number of hydrogen-bond donors (Lipinski definition) is 1. The Morgan fingerprint density at radius 1 is 1.60 bits per heavy atom. The summed E-state index contributed by atoms with van der Waals surface area (Å²) in [5.41, 5.74) is 5.90. The molecular formula is C8H11F3N2S2. The predicted molar refractivity (Wildman–Crippen MR) is 56.2 cm³/mol. The summed E-state index contributed by atoms with van der Waals surface area (Å²) >= 11 is 1.97. The molecule has 0 amide bonds. The number of alkyl halides is 3. The second-order valence-electron chi connectivity index (χ2n) is 2.98. The van der Waals surface area contributed by atoms with Crippen LogP contribution in [0.15, 0.2) is 9.72 Å². The van der Waals surface area contributed by atoms with Crippen molar-refractivity contribution in [3.8, 4) is 0 Å². The molecule has 0 aliphatic heterocycles. The van der Waals surface area contributed by atoms with E-state index in [0.29, 0.717) is 4.34 Å². The molecule has 0 aromatic carbocycles.